The molecule has 0 spiro atoms. The van der Waals surface area contributed by atoms with Crippen LogP contribution in [0.4, 0.5) is 0 Å². The maximum atomic E-state index is 12.6. The SMILES string of the molecule is Cc1nc(-c2ccccc2)ccc1C(=O)NC1CC1c1ccccc1. The lowest BCUT2D eigenvalue weighted by molar-refractivity contribution is 0.0949. The summed E-state index contributed by atoms with van der Waals surface area (Å²) in [5.74, 6) is 0.398. The molecule has 25 heavy (non-hydrogen) atoms. The van der Waals surface area contributed by atoms with Gasteiger partial charge in [-0.15, -0.1) is 0 Å². The fourth-order valence-corrected chi connectivity index (χ4v) is 3.24. The number of hydrogen-bond donors (Lipinski definition) is 1. The molecule has 0 aliphatic heterocycles. The standard InChI is InChI=1S/C22H20N2O/c1-15-18(12-13-20(23-15)17-10-6-3-7-11-17)22(25)24-21-14-19(21)16-8-4-2-5-9-16/h2-13,19,21H,14H2,1H3,(H,24,25). The van der Waals surface area contributed by atoms with Gasteiger partial charge in [-0.1, -0.05) is 60.7 Å². The predicted molar refractivity (Wildman–Crippen MR) is 99.5 cm³/mol. The highest BCUT2D eigenvalue weighted by atomic mass is 16.1. The Morgan fingerprint density at radius 2 is 1.64 bits per heavy atom. The van der Waals surface area contributed by atoms with Crippen LogP contribution in [0.15, 0.2) is 72.8 Å². The van der Waals surface area contributed by atoms with Crippen LogP contribution in [-0.2, 0) is 0 Å². The summed E-state index contributed by atoms with van der Waals surface area (Å²) < 4.78 is 0. The highest BCUT2D eigenvalue weighted by Crippen LogP contribution is 2.40. The third kappa shape index (κ3) is 3.31. The topological polar surface area (TPSA) is 42.0 Å². The summed E-state index contributed by atoms with van der Waals surface area (Å²) >= 11 is 0. The molecule has 2 unspecified atom stereocenters. The number of carbonyl (C=O) groups is 1. The molecule has 0 saturated heterocycles. The third-order valence-electron chi connectivity index (χ3n) is 4.73. The Balaban J connectivity index is 1.46. The summed E-state index contributed by atoms with van der Waals surface area (Å²) in [6.07, 6.45) is 1.00. The van der Waals surface area contributed by atoms with E-state index in [0.717, 1.165) is 23.4 Å². The van der Waals surface area contributed by atoms with Gasteiger partial charge in [0.2, 0.25) is 0 Å². The second kappa shape index (κ2) is 6.52. The van der Waals surface area contributed by atoms with Gasteiger partial charge in [-0.05, 0) is 31.0 Å². The van der Waals surface area contributed by atoms with Crippen molar-refractivity contribution in [2.45, 2.75) is 25.3 Å². The first-order valence-electron chi connectivity index (χ1n) is 8.61. The number of nitrogens with zero attached hydrogens (tertiary/aromatic N) is 1. The zero-order valence-electron chi connectivity index (χ0n) is 14.1. The number of aryl methyl sites for hydroxylation is 1. The van der Waals surface area contributed by atoms with Crippen LogP contribution >= 0.6 is 0 Å². The highest BCUT2D eigenvalue weighted by Gasteiger charge is 2.39. The maximum Gasteiger partial charge on any atom is 0.253 e. The summed E-state index contributed by atoms with van der Waals surface area (Å²) in [5, 5.41) is 3.14. The van der Waals surface area contributed by atoms with Crippen molar-refractivity contribution in [3.63, 3.8) is 0 Å². The number of pyridine rings is 1. The molecule has 124 valence electrons. The van der Waals surface area contributed by atoms with Crippen molar-refractivity contribution in [1.29, 1.82) is 0 Å². The average Bonchev–Trinajstić information content (AvgIpc) is 3.42. The summed E-state index contributed by atoms with van der Waals surface area (Å²) in [6, 6.07) is 24.4. The summed E-state index contributed by atoms with van der Waals surface area (Å²) in [5.41, 5.74) is 4.66. The normalized spacial score (nSPS) is 18.6. The quantitative estimate of drug-likeness (QED) is 0.774. The van der Waals surface area contributed by atoms with E-state index >= 15 is 0 Å². The fraction of sp³-hybridized carbons (Fsp3) is 0.182. The highest BCUT2D eigenvalue weighted by molar-refractivity contribution is 5.96. The van der Waals surface area contributed by atoms with E-state index in [1.165, 1.54) is 5.56 Å². The van der Waals surface area contributed by atoms with Gasteiger partial charge in [0.05, 0.1) is 17.0 Å². The van der Waals surface area contributed by atoms with Crippen LogP contribution in [0.1, 0.15) is 34.0 Å². The van der Waals surface area contributed by atoms with Gasteiger partial charge in [0.1, 0.15) is 0 Å². The van der Waals surface area contributed by atoms with E-state index in [9.17, 15) is 4.79 Å². The molecule has 1 amide bonds. The van der Waals surface area contributed by atoms with Crippen molar-refractivity contribution in [3.8, 4) is 11.3 Å². The van der Waals surface area contributed by atoms with Gasteiger partial charge < -0.3 is 5.32 Å². The minimum atomic E-state index is -0.0342. The lowest BCUT2D eigenvalue weighted by atomic mass is 10.1. The summed E-state index contributed by atoms with van der Waals surface area (Å²) in [6.45, 7) is 1.89. The first-order chi connectivity index (χ1) is 12.2. The van der Waals surface area contributed by atoms with Crippen LogP contribution in [0.2, 0.25) is 0 Å². The summed E-state index contributed by atoms with van der Waals surface area (Å²) in [4.78, 5) is 17.2. The van der Waals surface area contributed by atoms with Gasteiger partial charge in [-0.3, -0.25) is 9.78 Å². The number of hydrogen-bond acceptors (Lipinski definition) is 2. The van der Waals surface area contributed by atoms with Gasteiger partial charge in [0.25, 0.3) is 5.91 Å². The number of rotatable bonds is 4. The maximum absolute atomic E-state index is 12.6. The lowest BCUT2D eigenvalue weighted by Crippen LogP contribution is -2.27. The van der Waals surface area contributed by atoms with Crippen molar-refractivity contribution < 1.29 is 4.79 Å². The van der Waals surface area contributed by atoms with Crippen molar-refractivity contribution in [3.05, 3.63) is 89.6 Å². The number of aromatic nitrogens is 1. The van der Waals surface area contributed by atoms with Crippen LogP contribution in [0, 0.1) is 6.92 Å². The fourth-order valence-electron chi connectivity index (χ4n) is 3.24. The molecular formula is C22H20N2O. The molecule has 1 heterocycles. The Bertz CT molecular complexity index is 890. The molecule has 0 radical (unpaired) electrons. The van der Waals surface area contributed by atoms with E-state index < -0.39 is 0 Å². The van der Waals surface area contributed by atoms with Crippen LogP contribution in [0.5, 0.6) is 0 Å². The smallest absolute Gasteiger partial charge is 0.253 e. The number of nitrogens with one attached hydrogen (secondary N) is 1. The van der Waals surface area contributed by atoms with Crippen molar-refractivity contribution in [2.75, 3.05) is 0 Å². The first-order valence-corrected chi connectivity index (χ1v) is 8.61. The molecule has 1 aliphatic carbocycles. The molecule has 4 rings (SSSR count). The molecule has 1 aromatic heterocycles. The molecule has 1 fully saturated rings. The Morgan fingerprint density at radius 1 is 0.960 bits per heavy atom. The van der Waals surface area contributed by atoms with E-state index in [-0.39, 0.29) is 11.9 Å². The third-order valence-corrected chi connectivity index (χ3v) is 4.73. The van der Waals surface area contributed by atoms with Crippen LogP contribution in [0.3, 0.4) is 0 Å². The molecule has 3 nitrogen and oxygen atoms in total. The average molecular weight is 328 g/mol. The predicted octanol–water partition coefficient (Wildman–Crippen LogP) is 4.34. The van der Waals surface area contributed by atoms with Gasteiger partial charge in [0, 0.05) is 17.5 Å². The van der Waals surface area contributed by atoms with Crippen molar-refractivity contribution >= 4 is 5.91 Å². The molecule has 2 aromatic carbocycles. The molecule has 1 N–H and O–H groups in total. The number of amides is 1. The van der Waals surface area contributed by atoms with Crippen molar-refractivity contribution in [1.82, 2.24) is 10.3 Å². The Morgan fingerprint density at radius 3 is 2.32 bits per heavy atom. The van der Waals surface area contributed by atoms with E-state index in [1.54, 1.807) is 0 Å². The van der Waals surface area contributed by atoms with Crippen LogP contribution in [-0.4, -0.2) is 16.9 Å². The molecule has 2 atom stereocenters. The number of benzene rings is 2. The van der Waals surface area contributed by atoms with Crippen molar-refractivity contribution in [2.24, 2.45) is 0 Å². The molecule has 1 saturated carbocycles. The van der Waals surface area contributed by atoms with E-state index in [0.29, 0.717) is 11.5 Å². The zero-order valence-corrected chi connectivity index (χ0v) is 14.1. The van der Waals surface area contributed by atoms with E-state index in [4.69, 9.17) is 0 Å². The first kappa shape index (κ1) is 15.6. The van der Waals surface area contributed by atoms with Gasteiger partial charge in [-0.25, -0.2) is 0 Å². The second-order valence-electron chi connectivity index (χ2n) is 6.53. The minimum Gasteiger partial charge on any atom is -0.349 e. The van der Waals surface area contributed by atoms with Crippen LogP contribution in [0.25, 0.3) is 11.3 Å². The van der Waals surface area contributed by atoms with E-state index in [2.05, 4.69) is 22.4 Å². The minimum absolute atomic E-state index is 0.0342. The number of carbonyl (C=O) groups excluding carboxylic acids is 1. The van der Waals surface area contributed by atoms with Crippen LogP contribution < -0.4 is 5.32 Å². The second-order valence-corrected chi connectivity index (χ2v) is 6.53. The van der Waals surface area contributed by atoms with Gasteiger partial charge >= 0.3 is 0 Å². The monoisotopic (exact) mass is 328 g/mol. The largest absolute Gasteiger partial charge is 0.349 e. The van der Waals surface area contributed by atoms with E-state index in [1.807, 2.05) is 67.6 Å². The molecular weight excluding hydrogens is 308 g/mol. The zero-order chi connectivity index (χ0) is 17.2. The Labute approximate surface area is 147 Å². The molecule has 1 aliphatic rings. The molecule has 3 aromatic rings. The van der Waals surface area contributed by atoms with Gasteiger partial charge in [0.15, 0.2) is 0 Å². The Hall–Kier alpha value is -2.94. The summed E-state index contributed by atoms with van der Waals surface area (Å²) in [7, 11) is 0. The van der Waals surface area contributed by atoms with Gasteiger partial charge in [-0.2, -0.15) is 0 Å². The Kier molecular flexibility index (Phi) is 4.06. The molecule has 0 bridgehead atoms. The molecule has 3 heteroatoms. The lowest BCUT2D eigenvalue weighted by Gasteiger charge is -2.09.